The van der Waals surface area contributed by atoms with Crippen molar-refractivity contribution in [3.8, 4) is 11.8 Å². The zero-order valence-electron chi connectivity index (χ0n) is 18.8. The van der Waals surface area contributed by atoms with E-state index in [4.69, 9.17) is 10.00 Å². The number of nitrogens with zero attached hydrogens (tertiary/aromatic N) is 6. The van der Waals surface area contributed by atoms with Crippen LogP contribution < -0.4 is 14.5 Å². The van der Waals surface area contributed by atoms with Crippen LogP contribution in [0.2, 0.25) is 0 Å². The van der Waals surface area contributed by atoms with Crippen LogP contribution in [0, 0.1) is 11.3 Å². The average molecular weight is 480 g/mol. The summed E-state index contributed by atoms with van der Waals surface area (Å²) in [5.74, 6) is 1.24. The SMILES string of the molecule is N#Cc1cnc(N2CCC(N(c3ccc(C(F)(F)F)cc3)c3cnccc3OC3CC3)CC2)nc1. The zero-order chi connectivity index (χ0) is 24.4. The standard InChI is InChI=1S/C25H23F3N6O/c26-25(27,28)18-1-3-19(4-2-18)34(22-16-30-10-7-23(22)35-21-5-6-21)20-8-11-33(12-9-20)24-31-14-17(13-29)15-32-24/h1-4,7,10,14-16,20-21H,5-6,8-9,11-12H2. The Bertz CT molecular complexity index is 1200. The van der Waals surface area contributed by atoms with Gasteiger partial charge in [0, 0.05) is 37.1 Å². The quantitative estimate of drug-likeness (QED) is 0.485. The maximum Gasteiger partial charge on any atom is 0.416 e. The summed E-state index contributed by atoms with van der Waals surface area (Å²) in [4.78, 5) is 17.0. The van der Waals surface area contributed by atoms with Gasteiger partial charge in [-0.3, -0.25) is 4.98 Å². The summed E-state index contributed by atoms with van der Waals surface area (Å²) in [6.07, 6.45) is 5.58. The minimum absolute atomic E-state index is 0.00659. The van der Waals surface area contributed by atoms with Gasteiger partial charge < -0.3 is 14.5 Å². The summed E-state index contributed by atoms with van der Waals surface area (Å²) < 4.78 is 45.7. The molecule has 1 saturated heterocycles. The van der Waals surface area contributed by atoms with Crippen molar-refractivity contribution in [2.45, 2.75) is 44.0 Å². The van der Waals surface area contributed by atoms with Crippen LogP contribution in [0.5, 0.6) is 5.75 Å². The van der Waals surface area contributed by atoms with E-state index < -0.39 is 11.7 Å². The van der Waals surface area contributed by atoms with Crippen LogP contribution in [0.15, 0.2) is 55.1 Å². The van der Waals surface area contributed by atoms with Gasteiger partial charge in [0.2, 0.25) is 5.95 Å². The monoisotopic (exact) mass is 480 g/mol. The van der Waals surface area contributed by atoms with E-state index in [2.05, 4.69) is 15.0 Å². The van der Waals surface area contributed by atoms with E-state index in [1.807, 2.05) is 21.9 Å². The Morgan fingerprint density at radius 3 is 2.26 bits per heavy atom. The molecule has 7 nitrogen and oxygen atoms in total. The van der Waals surface area contributed by atoms with Crippen molar-refractivity contribution < 1.29 is 17.9 Å². The van der Waals surface area contributed by atoms with Gasteiger partial charge in [-0.05, 0) is 49.9 Å². The molecule has 35 heavy (non-hydrogen) atoms. The fourth-order valence-electron chi connectivity index (χ4n) is 4.24. The number of hydrogen-bond donors (Lipinski definition) is 0. The van der Waals surface area contributed by atoms with Crippen molar-refractivity contribution in [3.63, 3.8) is 0 Å². The highest BCUT2D eigenvalue weighted by Crippen LogP contribution is 2.41. The minimum Gasteiger partial charge on any atom is -0.488 e. The van der Waals surface area contributed by atoms with Gasteiger partial charge in [0.15, 0.2) is 0 Å². The van der Waals surface area contributed by atoms with Crippen molar-refractivity contribution in [1.29, 1.82) is 5.26 Å². The first-order chi connectivity index (χ1) is 16.9. The lowest BCUT2D eigenvalue weighted by molar-refractivity contribution is -0.137. The van der Waals surface area contributed by atoms with Crippen molar-refractivity contribution in [3.05, 3.63) is 66.2 Å². The number of alkyl halides is 3. The van der Waals surface area contributed by atoms with Gasteiger partial charge in [0.1, 0.15) is 17.5 Å². The Kier molecular flexibility index (Phi) is 6.16. The van der Waals surface area contributed by atoms with Gasteiger partial charge in [0.25, 0.3) is 0 Å². The first-order valence-corrected chi connectivity index (χ1v) is 11.5. The van der Waals surface area contributed by atoms with Gasteiger partial charge >= 0.3 is 6.18 Å². The molecule has 0 radical (unpaired) electrons. The van der Waals surface area contributed by atoms with Crippen LogP contribution in [0.25, 0.3) is 0 Å². The van der Waals surface area contributed by atoms with E-state index in [9.17, 15) is 13.2 Å². The largest absolute Gasteiger partial charge is 0.488 e. The second-order valence-electron chi connectivity index (χ2n) is 8.68. The van der Waals surface area contributed by atoms with E-state index >= 15 is 0 Å². The third-order valence-electron chi connectivity index (χ3n) is 6.19. The molecular formula is C25H23F3N6O. The van der Waals surface area contributed by atoms with Gasteiger partial charge in [-0.2, -0.15) is 18.4 Å². The predicted octanol–water partition coefficient (Wildman–Crippen LogP) is 5.11. The molecule has 0 amide bonds. The zero-order valence-corrected chi connectivity index (χ0v) is 18.8. The molecule has 0 N–H and O–H groups in total. The average Bonchev–Trinajstić information content (AvgIpc) is 3.70. The second-order valence-corrected chi connectivity index (χ2v) is 8.68. The molecule has 180 valence electrons. The van der Waals surface area contributed by atoms with Crippen molar-refractivity contribution in [2.24, 2.45) is 0 Å². The summed E-state index contributed by atoms with van der Waals surface area (Å²) in [5, 5.41) is 8.97. The number of benzene rings is 1. The van der Waals surface area contributed by atoms with E-state index in [1.54, 1.807) is 12.4 Å². The highest BCUT2D eigenvalue weighted by molar-refractivity contribution is 5.69. The lowest BCUT2D eigenvalue weighted by Gasteiger charge is -2.40. The van der Waals surface area contributed by atoms with Crippen LogP contribution in [0.3, 0.4) is 0 Å². The molecule has 2 aromatic heterocycles. The predicted molar refractivity (Wildman–Crippen MR) is 123 cm³/mol. The topological polar surface area (TPSA) is 78.2 Å². The van der Waals surface area contributed by atoms with E-state index in [0.717, 1.165) is 43.5 Å². The number of rotatable bonds is 6. The summed E-state index contributed by atoms with van der Waals surface area (Å²) in [6, 6.07) is 9.07. The third-order valence-corrected chi connectivity index (χ3v) is 6.19. The molecule has 0 atom stereocenters. The smallest absolute Gasteiger partial charge is 0.416 e. The molecule has 0 spiro atoms. The third kappa shape index (κ3) is 5.14. The minimum atomic E-state index is -4.40. The Morgan fingerprint density at radius 1 is 0.971 bits per heavy atom. The van der Waals surface area contributed by atoms with E-state index in [-0.39, 0.29) is 12.1 Å². The molecule has 3 aromatic rings. The van der Waals surface area contributed by atoms with Crippen molar-refractivity contribution in [2.75, 3.05) is 22.9 Å². The number of ether oxygens (including phenoxy) is 1. The number of hydrogen-bond acceptors (Lipinski definition) is 7. The van der Waals surface area contributed by atoms with Gasteiger partial charge in [0.05, 0.1) is 35.8 Å². The van der Waals surface area contributed by atoms with Crippen LogP contribution in [0.4, 0.5) is 30.5 Å². The normalized spacial score (nSPS) is 16.6. The first-order valence-electron chi connectivity index (χ1n) is 11.5. The second kappa shape index (κ2) is 9.41. The Morgan fingerprint density at radius 2 is 1.66 bits per heavy atom. The van der Waals surface area contributed by atoms with Crippen LogP contribution in [0.1, 0.15) is 36.8 Å². The number of nitriles is 1. The molecule has 1 aliphatic heterocycles. The number of aromatic nitrogens is 3. The number of pyridine rings is 1. The molecule has 10 heteroatoms. The highest BCUT2D eigenvalue weighted by Gasteiger charge is 2.33. The van der Waals surface area contributed by atoms with Crippen molar-refractivity contribution >= 4 is 17.3 Å². The van der Waals surface area contributed by atoms with Gasteiger partial charge in [-0.15, -0.1) is 0 Å². The van der Waals surface area contributed by atoms with E-state index in [1.165, 1.54) is 24.5 Å². The summed E-state index contributed by atoms with van der Waals surface area (Å²) >= 11 is 0. The summed E-state index contributed by atoms with van der Waals surface area (Å²) in [5.41, 5.74) is 1.11. The molecular weight excluding hydrogens is 457 g/mol. The number of halogens is 3. The van der Waals surface area contributed by atoms with E-state index in [0.29, 0.717) is 36.0 Å². The maximum atomic E-state index is 13.2. The lowest BCUT2D eigenvalue weighted by atomic mass is 10.0. The number of anilines is 3. The van der Waals surface area contributed by atoms with Crippen molar-refractivity contribution in [1.82, 2.24) is 15.0 Å². The molecule has 1 saturated carbocycles. The molecule has 0 unspecified atom stereocenters. The first kappa shape index (κ1) is 22.9. The number of piperidine rings is 1. The molecule has 5 rings (SSSR count). The molecule has 2 fully saturated rings. The molecule has 0 bridgehead atoms. The van der Waals surface area contributed by atoms with Crippen LogP contribution in [-0.4, -0.2) is 40.2 Å². The van der Waals surface area contributed by atoms with Gasteiger partial charge in [-0.1, -0.05) is 0 Å². The Hall–Kier alpha value is -3.87. The Labute approximate surface area is 200 Å². The maximum absolute atomic E-state index is 13.2. The van der Waals surface area contributed by atoms with Crippen LogP contribution >= 0.6 is 0 Å². The Balaban J connectivity index is 1.42. The lowest BCUT2D eigenvalue weighted by Crippen LogP contribution is -2.44. The fourth-order valence-corrected chi connectivity index (χ4v) is 4.24. The summed E-state index contributed by atoms with van der Waals surface area (Å²) in [7, 11) is 0. The van der Waals surface area contributed by atoms with Crippen LogP contribution in [-0.2, 0) is 6.18 Å². The molecule has 3 heterocycles. The molecule has 2 aliphatic rings. The molecule has 1 aromatic carbocycles. The summed E-state index contributed by atoms with van der Waals surface area (Å²) in [6.45, 7) is 1.32. The fraction of sp³-hybridized carbons (Fsp3) is 0.360. The van der Waals surface area contributed by atoms with Gasteiger partial charge in [-0.25, -0.2) is 9.97 Å². The highest BCUT2D eigenvalue weighted by atomic mass is 19.4. The molecule has 1 aliphatic carbocycles.